The number of imide groups is 1. The average Bonchev–Trinajstić information content (AvgIpc) is 2.97. The number of hydrazine groups is 1. The van der Waals surface area contributed by atoms with Crippen LogP contribution in [0.4, 0.5) is 16.2 Å². The van der Waals surface area contributed by atoms with Crippen molar-refractivity contribution in [2.45, 2.75) is 12.5 Å². The molecule has 4 aromatic carbocycles. The van der Waals surface area contributed by atoms with Gasteiger partial charge in [-0.05, 0) is 60.7 Å². The van der Waals surface area contributed by atoms with Crippen LogP contribution in [0, 0.1) is 0 Å². The number of anilines is 2. The number of carbonyl (C=O) groups is 4. The smallest absolute Gasteiger partial charge is 0.350 e. The first-order valence-corrected chi connectivity index (χ1v) is 12.2. The van der Waals surface area contributed by atoms with Crippen LogP contribution in [-0.2, 0) is 9.59 Å². The van der Waals surface area contributed by atoms with Crippen LogP contribution < -0.4 is 20.4 Å². The molecule has 1 heterocycles. The first-order valence-electron chi connectivity index (χ1n) is 12.2. The van der Waals surface area contributed by atoms with Crippen LogP contribution >= 0.6 is 0 Å². The van der Waals surface area contributed by atoms with Gasteiger partial charge in [0.05, 0.1) is 12.1 Å². The maximum absolute atomic E-state index is 13.5. The van der Waals surface area contributed by atoms with Gasteiger partial charge in [-0.1, -0.05) is 54.6 Å². The van der Waals surface area contributed by atoms with Crippen LogP contribution in [-0.4, -0.2) is 34.8 Å². The molecule has 1 unspecified atom stereocenters. The van der Waals surface area contributed by atoms with E-state index in [9.17, 15) is 19.2 Å². The van der Waals surface area contributed by atoms with Gasteiger partial charge < -0.3 is 10.1 Å². The molecule has 0 saturated carbocycles. The number of hydrogen-bond acceptors (Lipinski definition) is 5. The lowest BCUT2D eigenvalue weighted by atomic mass is 10.1. The molecule has 1 atom stereocenters. The minimum absolute atomic E-state index is 0.293. The highest BCUT2D eigenvalue weighted by atomic mass is 16.5. The number of nitrogens with one attached hydrogen (secondary N) is 2. The fourth-order valence-electron chi connectivity index (χ4n) is 4.08. The minimum Gasteiger partial charge on any atom is -0.457 e. The topological polar surface area (TPSA) is 108 Å². The molecular weight excluding hydrogens is 496 g/mol. The normalized spacial score (nSPS) is 15.0. The van der Waals surface area contributed by atoms with E-state index in [4.69, 9.17) is 4.74 Å². The summed E-state index contributed by atoms with van der Waals surface area (Å²) >= 11 is 0. The summed E-state index contributed by atoms with van der Waals surface area (Å²) in [5.74, 6) is -0.553. The Morgan fingerprint density at radius 1 is 0.718 bits per heavy atom. The van der Waals surface area contributed by atoms with Crippen molar-refractivity contribution in [3.8, 4) is 11.5 Å². The number of para-hydroxylation sites is 2. The van der Waals surface area contributed by atoms with Crippen molar-refractivity contribution >= 4 is 35.1 Å². The van der Waals surface area contributed by atoms with Crippen LogP contribution in [0.1, 0.15) is 16.8 Å². The van der Waals surface area contributed by atoms with Gasteiger partial charge in [0.25, 0.3) is 5.91 Å². The quantitative estimate of drug-likeness (QED) is 0.357. The van der Waals surface area contributed by atoms with E-state index in [1.807, 2.05) is 30.3 Å². The lowest BCUT2D eigenvalue weighted by molar-refractivity contribution is -0.128. The van der Waals surface area contributed by atoms with E-state index < -0.39 is 29.8 Å². The lowest BCUT2D eigenvalue weighted by Crippen LogP contribution is -2.65. The summed E-state index contributed by atoms with van der Waals surface area (Å²) in [6, 6.07) is 30.4. The van der Waals surface area contributed by atoms with Crippen molar-refractivity contribution in [1.29, 1.82) is 0 Å². The number of urea groups is 1. The zero-order valence-corrected chi connectivity index (χ0v) is 20.7. The third kappa shape index (κ3) is 5.78. The standard InChI is InChI=1S/C30H24N4O5/c35-27-20-26(29(37)31-22-16-18-25(19-17-22)39-24-14-8-3-9-15-24)34(32-28(36)21-10-4-1-5-11-21)30(38)33(27)23-12-6-2-7-13-23/h1-19,26H,20H2,(H,31,37)(H,32,36). The molecule has 194 valence electrons. The lowest BCUT2D eigenvalue weighted by Gasteiger charge is -2.38. The molecule has 5 amide bonds. The molecule has 0 aliphatic carbocycles. The molecule has 1 aliphatic heterocycles. The van der Waals surface area contributed by atoms with Crippen LogP contribution in [0.3, 0.4) is 0 Å². The van der Waals surface area contributed by atoms with E-state index in [0.717, 1.165) is 9.91 Å². The van der Waals surface area contributed by atoms with Gasteiger partial charge in [-0.25, -0.2) is 14.7 Å². The number of carbonyl (C=O) groups excluding carboxylic acids is 4. The number of rotatable bonds is 7. The van der Waals surface area contributed by atoms with E-state index in [0.29, 0.717) is 28.4 Å². The van der Waals surface area contributed by atoms with Crippen molar-refractivity contribution in [1.82, 2.24) is 10.4 Å². The Kier molecular flexibility index (Phi) is 7.31. The Labute approximate surface area is 224 Å². The summed E-state index contributed by atoms with van der Waals surface area (Å²) in [7, 11) is 0. The van der Waals surface area contributed by atoms with Gasteiger partial charge in [-0.2, -0.15) is 0 Å². The van der Waals surface area contributed by atoms with E-state index in [1.165, 1.54) is 0 Å². The van der Waals surface area contributed by atoms with Gasteiger partial charge >= 0.3 is 6.03 Å². The third-order valence-corrected chi connectivity index (χ3v) is 6.00. The second-order valence-corrected chi connectivity index (χ2v) is 8.67. The molecule has 0 spiro atoms. The summed E-state index contributed by atoms with van der Waals surface area (Å²) < 4.78 is 5.78. The summed E-state index contributed by atoms with van der Waals surface area (Å²) in [5.41, 5.74) is 3.59. The maximum atomic E-state index is 13.5. The van der Waals surface area contributed by atoms with Crippen molar-refractivity contribution in [3.05, 3.63) is 121 Å². The summed E-state index contributed by atoms with van der Waals surface area (Å²) in [6.45, 7) is 0. The van der Waals surface area contributed by atoms with Crippen molar-refractivity contribution in [2.75, 3.05) is 10.2 Å². The highest BCUT2D eigenvalue weighted by Gasteiger charge is 2.44. The number of ether oxygens (including phenoxy) is 1. The molecule has 9 nitrogen and oxygen atoms in total. The van der Waals surface area contributed by atoms with Gasteiger partial charge in [0.1, 0.15) is 17.5 Å². The molecule has 0 bridgehead atoms. The third-order valence-electron chi connectivity index (χ3n) is 6.00. The van der Waals surface area contributed by atoms with E-state index in [-0.39, 0.29) is 6.42 Å². The van der Waals surface area contributed by atoms with Gasteiger partial charge in [-0.3, -0.25) is 19.8 Å². The first-order chi connectivity index (χ1) is 19.0. The maximum Gasteiger partial charge on any atom is 0.350 e. The van der Waals surface area contributed by atoms with Gasteiger partial charge in [0.2, 0.25) is 11.8 Å². The number of hydrogen-bond donors (Lipinski definition) is 2. The summed E-state index contributed by atoms with van der Waals surface area (Å²) in [5, 5.41) is 3.64. The van der Waals surface area contributed by atoms with Crippen molar-refractivity contribution in [3.63, 3.8) is 0 Å². The number of nitrogens with zero attached hydrogens (tertiary/aromatic N) is 2. The molecule has 2 N–H and O–H groups in total. The van der Waals surface area contributed by atoms with Gasteiger partial charge in [-0.15, -0.1) is 0 Å². The molecular formula is C30H24N4O5. The Balaban J connectivity index is 1.36. The predicted molar refractivity (Wildman–Crippen MR) is 145 cm³/mol. The highest BCUT2D eigenvalue weighted by molar-refractivity contribution is 6.19. The number of benzene rings is 4. The Bertz CT molecular complexity index is 1480. The second kappa shape index (κ2) is 11.3. The largest absolute Gasteiger partial charge is 0.457 e. The minimum atomic E-state index is -1.28. The molecule has 9 heteroatoms. The van der Waals surface area contributed by atoms with Gasteiger partial charge in [0.15, 0.2) is 0 Å². The van der Waals surface area contributed by atoms with E-state index >= 15 is 0 Å². The SMILES string of the molecule is O=C(NN1C(=O)N(c2ccccc2)C(=O)CC1C(=O)Nc1ccc(Oc2ccccc2)cc1)c1ccccc1. The van der Waals surface area contributed by atoms with Gasteiger partial charge in [0, 0.05) is 11.3 Å². The molecule has 39 heavy (non-hydrogen) atoms. The molecule has 0 aromatic heterocycles. The highest BCUT2D eigenvalue weighted by Crippen LogP contribution is 2.26. The Hall–Kier alpha value is -5.44. The fraction of sp³-hybridized carbons (Fsp3) is 0.0667. The summed E-state index contributed by atoms with van der Waals surface area (Å²) in [4.78, 5) is 53.8. The molecule has 0 radical (unpaired) electrons. The molecule has 4 aromatic rings. The van der Waals surface area contributed by atoms with Crippen LogP contribution in [0.25, 0.3) is 0 Å². The van der Waals surface area contributed by atoms with Crippen molar-refractivity contribution in [2.24, 2.45) is 0 Å². The van der Waals surface area contributed by atoms with E-state index in [1.54, 1.807) is 84.9 Å². The molecule has 1 aliphatic rings. The molecule has 1 fully saturated rings. The van der Waals surface area contributed by atoms with Crippen molar-refractivity contribution < 1.29 is 23.9 Å². The predicted octanol–water partition coefficient (Wildman–Crippen LogP) is 4.99. The molecule has 5 rings (SSSR count). The fourth-order valence-corrected chi connectivity index (χ4v) is 4.08. The monoisotopic (exact) mass is 520 g/mol. The van der Waals surface area contributed by atoms with E-state index in [2.05, 4.69) is 10.7 Å². The number of amides is 5. The zero-order chi connectivity index (χ0) is 27.2. The molecule has 1 saturated heterocycles. The second-order valence-electron chi connectivity index (χ2n) is 8.67. The first kappa shape index (κ1) is 25.2. The average molecular weight is 521 g/mol. The zero-order valence-electron chi connectivity index (χ0n) is 20.7. The Morgan fingerprint density at radius 2 is 1.28 bits per heavy atom. The van der Waals surface area contributed by atoms with Crippen LogP contribution in [0.5, 0.6) is 11.5 Å². The summed E-state index contributed by atoms with van der Waals surface area (Å²) in [6.07, 6.45) is -0.337. The Morgan fingerprint density at radius 3 is 1.92 bits per heavy atom. The van der Waals surface area contributed by atoms with Crippen LogP contribution in [0.15, 0.2) is 115 Å². The van der Waals surface area contributed by atoms with Crippen LogP contribution in [0.2, 0.25) is 0 Å².